The van der Waals surface area contributed by atoms with Crippen LogP contribution in [0.3, 0.4) is 0 Å². The molecule has 0 aromatic heterocycles. The van der Waals surface area contributed by atoms with Gasteiger partial charge in [0.05, 0.1) is 18.1 Å². The number of ether oxygens (including phenoxy) is 1. The maximum atomic E-state index is 12.2. The lowest BCUT2D eigenvalue weighted by Crippen LogP contribution is -2.48. The summed E-state index contributed by atoms with van der Waals surface area (Å²) >= 11 is 0. The van der Waals surface area contributed by atoms with Crippen molar-refractivity contribution in [2.75, 3.05) is 32.8 Å². The normalized spacial score (nSPS) is 21.2. The summed E-state index contributed by atoms with van der Waals surface area (Å²) in [5.74, 6) is 1.26. The Labute approximate surface area is 183 Å². The predicted octanol–water partition coefficient (Wildman–Crippen LogP) is 3.16. The minimum Gasteiger partial charge on any atom is -0.377 e. The molecule has 0 radical (unpaired) electrons. The Morgan fingerprint density at radius 3 is 2.26 bits per heavy atom. The Kier molecular flexibility index (Phi) is 11.8. The van der Waals surface area contributed by atoms with Crippen molar-refractivity contribution in [3.8, 4) is 0 Å². The first-order valence-corrected chi connectivity index (χ1v) is 10.0. The van der Waals surface area contributed by atoms with Crippen molar-refractivity contribution in [2.45, 2.75) is 67.4 Å². The first kappa shape index (κ1) is 26.4. The molecule has 0 spiro atoms. The summed E-state index contributed by atoms with van der Waals surface area (Å²) in [5, 5.41) is 9.63. The van der Waals surface area contributed by atoms with Gasteiger partial charge in [0.25, 0.3) is 0 Å². The van der Waals surface area contributed by atoms with Gasteiger partial charge in [-0.2, -0.15) is 0 Å². The van der Waals surface area contributed by atoms with E-state index >= 15 is 0 Å². The monoisotopic (exact) mass is 496 g/mol. The number of guanidine groups is 1. The van der Waals surface area contributed by atoms with E-state index in [9.17, 15) is 4.79 Å². The molecule has 0 saturated carbocycles. The van der Waals surface area contributed by atoms with Crippen molar-refractivity contribution in [1.29, 1.82) is 0 Å². The summed E-state index contributed by atoms with van der Waals surface area (Å²) in [6, 6.07) is 0. The molecular formula is C20H41IN4O2. The van der Waals surface area contributed by atoms with E-state index in [0.29, 0.717) is 19.0 Å². The third-order valence-corrected chi connectivity index (χ3v) is 4.76. The number of nitrogens with one attached hydrogen (secondary N) is 3. The fraction of sp³-hybridized carbons (Fsp3) is 0.900. The van der Waals surface area contributed by atoms with Crippen molar-refractivity contribution in [2.24, 2.45) is 21.7 Å². The van der Waals surface area contributed by atoms with Gasteiger partial charge in [-0.05, 0) is 46.0 Å². The smallest absolute Gasteiger partial charge is 0.227 e. The average Bonchev–Trinajstić information content (AvgIpc) is 2.57. The molecule has 0 aromatic carbocycles. The predicted molar refractivity (Wildman–Crippen MR) is 124 cm³/mol. The maximum absolute atomic E-state index is 12.2. The molecule has 2 unspecified atom stereocenters. The van der Waals surface area contributed by atoms with Crippen molar-refractivity contribution in [3.63, 3.8) is 0 Å². The fourth-order valence-corrected chi connectivity index (χ4v) is 3.33. The summed E-state index contributed by atoms with van der Waals surface area (Å²) in [6.07, 6.45) is 2.52. The Balaban J connectivity index is 0.00000676. The Morgan fingerprint density at radius 2 is 1.70 bits per heavy atom. The third-order valence-electron chi connectivity index (χ3n) is 4.76. The third kappa shape index (κ3) is 8.98. The lowest BCUT2D eigenvalue weighted by molar-refractivity contribution is -0.128. The number of hydrogen-bond donors (Lipinski definition) is 3. The molecule has 27 heavy (non-hydrogen) atoms. The number of aliphatic imine (C=N–C) groups is 1. The summed E-state index contributed by atoms with van der Waals surface area (Å²) in [5.41, 5.74) is -0.400. The first-order chi connectivity index (χ1) is 12.1. The highest BCUT2D eigenvalue weighted by atomic mass is 127. The molecule has 1 saturated heterocycles. The van der Waals surface area contributed by atoms with Gasteiger partial charge < -0.3 is 20.7 Å². The molecule has 3 N–H and O–H groups in total. The zero-order chi connectivity index (χ0) is 19.8. The maximum Gasteiger partial charge on any atom is 0.227 e. The zero-order valence-electron chi connectivity index (χ0n) is 18.3. The molecule has 2 atom stereocenters. The van der Waals surface area contributed by atoms with E-state index in [-0.39, 0.29) is 41.4 Å². The SMILES string of the molecule is CCNC(=O)C(C)(C)CN=C(NCC)NCC1CCCOC1C(C)(C)C.I. The van der Waals surface area contributed by atoms with Crippen LogP contribution in [-0.4, -0.2) is 50.8 Å². The Bertz CT molecular complexity index is 475. The second kappa shape index (κ2) is 12.1. The van der Waals surface area contributed by atoms with E-state index in [1.54, 1.807) is 0 Å². The molecular weight excluding hydrogens is 455 g/mol. The molecule has 1 amide bonds. The van der Waals surface area contributed by atoms with E-state index < -0.39 is 5.41 Å². The molecule has 1 rings (SSSR count). The Morgan fingerprint density at radius 1 is 1.07 bits per heavy atom. The standard InChI is InChI=1S/C20H40N4O2.HI/c1-8-21-17(25)20(6,7)14-24-18(22-9-2)23-13-15-11-10-12-26-16(15)19(3,4)5;/h15-16H,8-14H2,1-7H3,(H,21,25)(H2,22,23,24);1H. The number of rotatable bonds is 7. The summed E-state index contributed by atoms with van der Waals surface area (Å²) in [4.78, 5) is 16.8. The molecule has 7 heteroatoms. The highest BCUT2D eigenvalue weighted by molar-refractivity contribution is 14.0. The van der Waals surface area contributed by atoms with Crippen LogP contribution in [-0.2, 0) is 9.53 Å². The van der Waals surface area contributed by atoms with E-state index in [0.717, 1.165) is 32.1 Å². The largest absolute Gasteiger partial charge is 0.377 e. The number of amides is 1. The van der Waals surface area contributed by atoms with Crippen LogP contribution in [0.1, 0.15) is 61.3 Å². The molecule has 1 fully saturated rings. The first-order valence-electron chi connectivity index (χ1n) is 10.0. The van der Waals surface area contributed by atoms with Crippen LogP contribution in [0.2, 0.25) is 0 Å². The van der Waals surface area contributed by atoms with E-state index in [1.807, 2.05) is 27.7 Å². The molecule has 160 valence electrons. The Hall–Kier alpha value is -0.570. The van der Waals surface area contributed by atoms with Crippen LogP contribution in [0, 0.1) is 16.7 Å². The van der Waals surface area contributed by atoms with Gasteiger partial charge in [-0.3, -0.25) is 9.79 Å². The van der Waals surface area contributed by atoms with Crippen LogP contribution in [0.15, 0.2) is 4.99 Å². The topological polar surface area (TPSA) is 74.8 Å². The van der Waals surface area contributed by atoms with Crippen LogP contribution < -0.4 is 16.0 Å². The average molecular weight is 496 g/mol. The number of hydrogen-bond acceptors (Lipinski definition) is 3. The summed E-state index contributed by atoms with van der Waals surface area (Å²) < 4.78 is 6.07. The van der Waals surface area contributed by atoms with Crippen LogP contribution in [0.5, 0.6) is 0 Å². The van der Waals surface area contributed by atoms with Crippen molar-refractivity contribution in [3.05, 3.63) is 0 Å². The van der Waals surface area contributed by atoms with Crippen LogP contribution in [0.25, 0.3) is 0 Å². The van der Waals surface area contributed by atoms with Gasteiger partial charge >= 0.3 is 0 Å². The second-order valence-electron chi connectivity index (χ2n) is 8.88. The molecule has 0 aromatic rings. The van der Waals surface area contributed by atoms with Crippen molar-refractivity contribution in [1.82, 2.24) is 16.0 Å². The number of nitrogens with zero attached hydrogens (tertiary/aromatic N) is 1. The van der Waals surface area contributed by atoms with Gasteiger partial charge in [0.15, 0.2) is 5.96 Å². The quantitative estimate of drug-likeness (QED) is 0.288. The molecule has 1 heterocycles. The molecule has 6 nitrogen and oxygen atoms in total. The van der Waals surface area contributed by atoms with Gasteiger partial charge in [-0.25, -0.2) is 0 Å². The lowest BCUT2D eigenvalue weighted by atomic mass is 9.78. The zero-order valence-corrected chi connectivity index (χ0v) is 20.6. The van der Waals surface area contributed by atoms with Gasteiger partial charge in [-0.1, -0.05) is 20.8 Å². The highest BCUT2D eigenvalue weighted by Crippen LogP contribution is 2.33. The lowest BCUT2D eigenvalue weighted by Gasteiger charge is -2.40. The van der Waals surface area contributed by atoms with Crippen LogP contribution >= 0.6 is 24.0 Å². The van der Waals surface area contributed by atoms with E-state index in [2.05, 4.69) is 41.7 Å². The minimum atomic E-state index is -0.528. The second-order valence-corrected chi connectivity index (χ2v) is 8.88. The minimum absolute atomic E-state index is 0. The molecule has 0 aliphatic carbocycles. The number of carbonyl (C=O) groups is 1. The van der Waals surface area contributed by atoms with E-state index in [4.69, 9.17) is 4.74 Å². The van der Waals surface area contributed by atoms with Gasteiger partial charge in [0.2, 0.25) is 5.91 Å². The van der Waals surface area contributed by atoms with Crippen molar-refractivity contribution < 1.29 is 9.53 Å². The summed E-state index contributed by atoms with van der Waals surface area (Å²) in [6.45, 7) is 18.1. The molecule has 0 bridgehead atoms. The van der Waals surface area contributed by atoms with Gasteiger partial charge in [0.1, 0.15) is 0 Å². The molecule has 1 aliphatic heterocycles. The fourth-order valence-electron chi connectivity index (χ4n) is 3.33. The van der Waals surface area contributed by atoms with Crippen molar-refractivity contribution >= 4 is 35.8 Å². The highest BCUT2D eigenvalue weighted by Gasteiger charge is 2.35. The van der Waals surface area contributed by atoms with E-state index in [1.165, 1.54) is 6.42 Å². The summed E-state index contributed by atoms with van der Waals surface area (Å²) in [7, 11) is 0. The van der Waals surface area contributed by atoms with Crippen LogP contribution in [0.4, 0.5) is 0 Å². The van der Waals surface area contributed by atoms with Gasteiger partial charge in [-0.15, -0.1) is 24.0 Å². The number of halogens is 1. The number of carbonyl (C=O) groups excluding carboxylic acids is 1. The molecule has 1 aliphatic rings. The van der Waals surface area contributed by atoms with Gasteiger partial charge in [0, 0.05) is 32.2 Å².